The van der Waals surface area contributed by atoms with Crippen molar-refractivity contribution in [2.24, 2.45) is 17.1 Å². The van der Waals surface area contributed by atoms with E-state index >= 15 is 0 Å². The highest BCUT2D eigenvalue weighted by atomic mass is 16.6. The Kier molecular flexibility index (Phi) is 10.1. The van der Waals surface area contributed by atoms with E-state index in [-0.39, 0.29) is 29.4 Å². The molecule has 0 spiro atoms. The van der Waals surface area contributed by atoms with E-state index in [0.717, 1.165) is 74.2 Å². The van der Waals surface area contributed by atoms with Crippen LogP contribution in [0, 0.1) is 18.3 Å². The SMILES string of the molecule is COc1cc(C(=O)N2CCC[C@@H](OC(N)=O)C2C(C)(C)C)cn2nc(-c3cc4cccc(C5CCN(C(=O)C6CCCCO6)CC5)c4n3CC3CC3)c(C)c12. The zero-order chi connectivity index (χ0) is 38.6. The summed E-state index contributed by atoms with van der Waals surface area (Å²) in [6.45, 7) is 11.9. The zero-order valence-electron chi connectivity index (χ0n) is 33.0. The van der Waals surface area contributed by atoms with Gasteiger partial charge in [-0.3, -0.25) is 9.59 Å². The van der Waals surface area contributed by atoms with Crippen LogP contribution in [0.2, 0.25) is 0 Å². The summed E-state index contributed by atoms with van der Waals surface area (Å²) < 4.78 is 21.7. The number of fused-ring (bicyclic) bond motifs is 2. The first-order valence-corrected chi connectivity index (χ1v) is 20.3. The fourth-order valence-corrected chi connectivity index (χ4v) is 9.63. The number of para-hydroxylation sites is 1. The fourth-order valence-electron chi connectivity index (χ4n) is 9.63. The maximum Gasteiger partial charge on any atom is 0.404 e. The third kappa shape index (κ3) is 7.18. The number of hydrogen-bond donors (Lipinski definition) is 1. The number of nitrogens with zero attached hydrogens (tertiary/aromatic N) is 5. The zero-order valence-corrected chi connectivity index (χ0v) is 33.0. The van der Waals surface area contributed by atoms with Crippen molar-refractivity contribution in [1.82, 2.24) is 24.0 Å². The first-order valence-electron chi connectivity index (χ1n) is 20.3. The van der Waals surface area contributed by atoms with Gasteiger partial charge in [-0.05, 0) is 99.7 Å². The molecule has 12 nitrogen and oxygen atoms in total. The van der Waals surface area contributed by atoms with Crippen LogP contribution in [-0.2, 0) is 20.8 Å². The van der Waals surface area contributed by atoms with Crippen molar-refractivity contribution in [2.45, 2.75) is 116 Å². The molecule has 3 amide bonds. The highest BCUT2D eigenvalue weighted by Gasteiger charge is 2.44. The van der Waals surface area contributed by atoms with Crippen LogP contribution >= 0.6 is 0 Å². The Balaban J connectivity index is 1.14. The summed E-state index contributed by atoms with van der Waals surface area (Å²) in [5.74, 6) is 1.53. The van der Waals surface area contributed by atoms with Crippen LogP contribution in [0.1, 0.15) is 106 Å². The number of pyridine rings is 1. The lowest BCUT2D eigenvalue weighted by molar-refractivity contribution is -0.147. The number of benzene rings is 1. The number of ether oxygens (including phenoxy) is 3. The number of methoxy groups -OCH3 is 1. The van der Waals surface area contributed by atoms with Crippen LogP contribution in [0.5, 0.6) is 5.75 Å². The number of primary amides is 1. The first-order chi connectivity index (χ1) is 26.4. The first kappa shape index (κ1) is 37.3. The van der Waals surface area contributed by atoms with Crippen LogP contribution in [0.15, 0.2) is 36.5 Å². The van der Waals surface area contributed by atoms with Gasteiger partial charge in [0.1, 0.15) is 29.2 Å². The standard InChI is InChI=1S/C43H56N6O6/c1-26-36(45-49-25-30(23-35(53-5)37(26)49)40(50)47-18-9-13-33(55-42(44)52)39(47)43(2,3)4)32-22-29-10-8-11-31(38(29)48(32)24-27-14-15-27)28-16-19-46(20-17-28)41(51)34-12-6-7-21-54-34/h8,10-11,22-23,25,27-28,33-34,39H,6-7,9,12-21,24H2,1-5H3,(H2,44,52)/t33-,34?,39?/m1/s1. The third-order valence-electron chi connectivity index (χ3n) is 12.4. The van der Waals surface area contributed by atoms with Gasteiger partial charge in [0.2, 0.25) is 0 Å². The smallest absolute Gasteiger partial charge is 0.404 e. The van der Waals surface area contributed by atoms with E-state index in [2.05, 4.69) is 56.5 Å². The number of amides is 3. The molecule has 4 aliphatic rings. The van der Waals surface area contributed by atoms with E-state index in [1.54, 1.807) is 11.6 Å². The van der Waals surface area contributed by atoms with E-state index in [1.807, 2.05) is 22.1 Å². The van der Waals surface area contributed by atoms with Gasteiger partial charge in [-0.15, -0.1) is 0 Å². The Morgan fingerprint density at radius 2 is 1.75 bits per heavy atom. The molecule has 3 saturated heterocycles. The molecule has 0 bridgehead atoms. The average molecular weight is 753 g/mol. The van der Waals surface area contributed by atoms with E-state index in [4.69, 9.17) is 25.0 Å². The van der Waals surface area contributed by atoms with Gasteiger partial charge >= 0.3 is 6.09 Å². The summed E-state index contributed by atoms with van der Waals surface area (Å²) in [6.07, 6.45) is 8.73. The second kappa shape index (κ2) is 14.8. The number of carbonyl (C=O) groups is 3. The van der Waals surface area contributed by atoms with E-state index < -0.39 is 12.2 Å². The van der Waals surface area contributed by atoms with Gasteiger partial charge in [-0.25, -0.2) is 9.31 Å². The highest BCUT2D eigenvalue weighted by molar-refractivity contribution is 5.96. The molecule has 1 saturated carbocycles. The Hall–Kier alpha value is -4.58. The largest absolute Gasteiger partial charge is 0.494 e. The normalized spacial score (nSPS) is 22.7. The van der Waals surface area contributed by atoms with Crippen LogP contribution in [0.25, 0.3) is 27.8 Å². The summed E-state index contributed by atoms with van der Waals surface area (Å²) in [5, 5.41) is 6.39. The molecule has 4 fully saturated rings. The summed E-state index contributed by atoms with van der Waals surface area (Å²) in [7, 11) is 1.63. The Bertz CT molecular complexity index is 2100. The summed E-state index contributed by atoms with van der Waals surface area (Å²) in [4.78, 5) is 43.4. The van der Waals surface area contributed by atoms with Crippen LogP contribution < -0.4 is 10.5 Å². The number of aromatic nitrogens is 3. The lowest BCUT2D eigenvalue weighted by atomic mass is 9.78. The highest BCUT2D eigenvalue weighted by Crippen LogP contribution is 2.42. The van der Waals surface area contributed by atoms with Gasteiger partial charge in [0.05, 0.1) is 29.9 Å². The van der Waals surface area contributed by atoms with Gasteiger partial charge in [0, 0.05) is 49.9 Å². The van der Waals surface area contributed by atoms with Gasteiger partial charge in [-0.1, -0.05) is 39.0 Å². The molecule has 3 aliphatic heterocycles. The number of nitrogens with two attached hydrogens (primary N) is 1. The molecular weight excluding hydrogens is 697 g/mol. The molecule has 8 rings (SSSR count). The van der Waals surface area contributed by atoms with Crippen LogP contribution in [0.4, 0.5) is 4.79 Å². The molecule has 1 aromatic carbocycles. The summed E-state index contributed by atoms with van der Waals surface area (Å²) in [6, 6.07) is 10.4. The molecule has 0 radical (unpaired) electrons. The number of carbonyl (C=O) groups excluding carboxylic acids is 3. The minimum Gasteiger partial charge on any atom is -0.494 e. The molecule has 3 aromatic heterocycles. The number of likely N-dealkylation sites (tertiary alicyclic amines) is 2. The molecule has 2 N–H and O–H groups in total. The van der Waals surface area contributed by atoms with Gasteiger partial charge in [0.15, 0.2) is 0 Å². The molecule has 1 aliphatic carbocycles. The molecule has 294 valence electrons. The van der Waals surface area contributed by atoms with Crippen molar-refractivity contribution < 1.29 is 28.6 Å². The van der Waals surface area contributed by atoms with Crippen molar-refractivity contribution in [3.63, 3.8) is 0 Å². The molecule has 4 aromatic rings. The van der Waals surface area contributed by atoms with Gasteiger partial charge in [0.25, 0.3) is 11.8 Å². The maximum absolute atomic E-state index is 14.4. The number of aryl methyl sites for hydroxylation is 1. The number of piperidine rings is 2. The van der Waals surface area contributed by atoms with E-state index in [9.17, 15) is 14.4 Å². The minimum atomic E-state index is -0.829. The molecular formula is C43H56N6O6. The molecule has 3 atom stereocenters. The van der Waals surface area contributed by atoms with Crippen molar-refractivity contribution in [1.29, 1.82) is 0 Å². The maximum atomic E-state index is 14.4. The van der Waals surface area contributed by atoms with Crippen molar-refractivity contribution in [3.8, 4) is 17.1 Å². The van der Waals surface area contributed by atoms with Crippen molar-refractivity contribution >= 4 is 34.3 Å². The van der Waals surface area contributed by atoms with Crippen LogP contribution in [0.3, 0.4) is 0 Å². The van der Waals surface area contributed by atoms with Gasteiger partial charge < -0.3 is 34.3 Å². The monoisotopic (exact) mass is 752 g/mol. The average Bonchev–Trinajstić information content (AvgIpc) is 3.84. The quantitative estimate of drug-likeness (QED) is 0.204. The summed E-state index contributed by atoms with van der Waals surface area (Å²) in [5.41, 5.74) is 11.9. The minimum absolute atomic E-state index is 0.157. The van der Waals surface area contributed by atoms with Crippen molar-refractivity contribution in [2.75, 3.05) is 33.4 Å². The second-order valence-corrected chi connectivity index (χ2v) is 17.3. The molecule has 2 unspecified atom stereocenters. The lowest BCUT2D eigenvalue weighted by Crippen LogP contribution is -2.58. The molecule has 6 heterocycles. The van der Waals surface area contributed by atoms with Crippen LogP contribution in [-0.4, -0.2) is 93.5 Å². The number of rotatable bonds is 8. The summed E-state index contributed by atoms with van der Waals surface area (Å²) >= 11 is 0. The Morgan fingerprint density at radius 3 is 2.42 bits per heavy atom. The van der Waals surface area contributed by atoms with E-state index in [0.29, 0.717) is 49.1 Å². The van der Waals surface area contributed by atoms with Gasteiger partial charge in [-0.2, -0.15) is 5.10 Å². The fraction of sp³-hybridized carbons (Fsp3) is 0.581. The topological polar surface area (TPSA) is 134 Å². The number of hydrogen-bond acceptors (Lipinski definition) is 7. The van der Waals surface area contributed by atoms with E-state index in [1.165, 1.54) is 29.3 Å². The van der Waals surface area contributed by atoms with Crippen molar-refractivity contribution in [3.05, 3.63) is 53.2 Å². The Morgan fingerprint density at radius 1 is 0.964 bits per heavy atom. The predicted molar refractivity (Wildman–Crippen MR) is 210 cm³/mol. The molecule has 12 heteroatoms. The predicted octanol–water partition coefficient (Wildman–Crippen LogP) is 7.07. The second-order valence-electron chi connectivity index (χ2n) is 17.3. The molecule has 55 heavy (non-hydrogen) atoms. The Labute approximate surface area is 323 Å². The third-order valence-corrected chi connectivity index (χ3v) is 12.4. The lowest BCUT2D eigenvalue weighted by Gasteiger charge is -2.47.